The van der Waals surface area contributed by atoms with E-state index in [0.29, 0.717) is 0 Å². The van der Waals surface area contributed by atoms with Crippen molar-refractivity contribution in [2.24, 2.45) is 0 Å². The molecule has 3 heteroatoms. The first-order valence-electron chi connectivity index (χ1n) is 1.65. The van der Waals surface area contributed by atoms with Crippen molar-refractivity contribution in [2.45, 2.75) is 16.3 Å². The minimum absolute atomic E-state index is 0.0719. The SMILES string of the molecule is CC(O)C(S)I. The summed E-state index contributed by atoms with van der Waals surface area (Å²) in [6.07, 6.45) is -0.297. The van der Waals surface area contributed by atoms with Gasteiger partial charge in [0.05, 0.1) is 9.36 Å². The molecular formula is C3H7IOS. The number of rotatable bonds is 1. The van der Waals surface area contributed by atoms with Crippen molar-refractivity contribution in [3.8, 4) is 0 Å². The largest absolute Gasteiger partial charge is 0.391 e. The van der Waals surface area contributed by atoms with Crippen LogP contribution in [0, 0.1) is 0 Å². The average molecular weight is 218 g/mol. The number of alkyl halides is 1. The number of halogens is 1. The van der Waals surface area contributed by atoms with E-state index in [-0.39, 0.29) is 9.36 Å². The van der Waals surface area contributed by atoms with Gasteiger partial charge in [0.15, 0.2) is 0 Å². The van der Waals surface area contributed by atoms with Gasteiger partial charge in [0.25, 0.3) is 0 Å². The second-order valence-electron chi connectivity index (χ2n) is 1.11. The normalized spacial score (nSPS) is 20.0. The fourth-order valence-electron chi connectivity index (χ4n) is 0. The summed E-state index contributed by atoms with van der Waals surface area (Å²) in [5.74, 6) is 0. The van der Waals surface area contributed by atoms with E-state index in [1.165, 1.54) is 0 Å². The Kier molecular flexibility index (Phi) is 3.63. The lowest BCUT2D eigenvalue weighted by molar-refractivity contribution is 0.217. The zero-order valence-electron chi connectivity index (χ0n) is 3.43. The second kappa shape index (κ2) is 3.10. The first-order valence-corrected chi connectivity index (χ1v) is 3.41. The van der Waals surface area contributed by atoms with Gasteiger partial charge in [-0.3, -0.25) is 0 Å². The highest BCUT2D eigenvalue weighted by Crippen LogP contribution is 2.08. The van der Waals surface area contributed by atoms with Gasteiger partial charge in [-0.2, -0.15) is 12.6 Å². The highest BCUT2D eigenvalue weighted by molar-refractivity contribution is 14.1. The lowest BCUT2D eigenvalue weighted by Gasteiger charge is -2.01. The minimum atomic E-state index is -0.297. The van der Waals surface area contributed by atoms with Crippen molar-refractivity contribution in [3.63, 3.8) is 0 Å². The van der Waals surface area contributed by atoms with Crippen molar-refractivity contribution in [1.29, 1.82) is 0 Å². The van der Waals surface area contributed by atoms with E-state index in [1.807, 2.05) is 22.6 Å². The van der Waals surface area contributed by atoms with Crippen LogP contribution in [0.3, 0.4) is 0 Å². The standard InChI is InChI=1S/C3H7IOS/c1-2(5)3(4)6/h2-3,5-6H,1H3. The lowest BCUT2D eigenvalue weighted by Crippen LogP contribution is -2.07. The molecule has 0 rings (SSSR count). The molecule has 0 aliphatic rings. The third-order valence-corrected chi connectivity index (χ3v) is 1.87. The van der Waals surface area contributed by atoms with Crippen LogP contribution in [0.25, 0.3) is 0 Å². The van der Waals surface area contributed by atoms with Gasteiger partial charge in [-0.15, -0.1) is 0 Å². The molecule has 1 nitrogen and oxygen atoms in total. The Hall–Kier alpha value is 1.04. The second-order valence-corrected chi connectivity index (χ2v) is 4.00. The van der Waals surface area contributed by atoms with E-state index in [1.54, 1.807) is 6.92 Å². The Morgan fingerprint density at radius 2 is 2.00 bits per heavy atom. The number of aliphatic hydroxyl groups excluding tert-OH is 1. The third-order valence-electron chi connectivity index (χ3n) is 0.398. The Labute approximate surface area is 56.7 Å². The van der Waals surface area contributed by atoms with Crippen LogP contribution in [0.15, 0.2) is 0 Å². The van der Waals surface area contributed by atoms with Gasteiger partial charge in [-0.05, 0) is 6.92 Å². The zero-order valence-corrected chi connectivity index (χ0v) is 6.48. The molecule has 0 fully saturated rings. The molecule has 0 bridgehead atoms. The molecule has 0 aliphatic carbocycles. The Morgan fingerprint density at radius 3 is 2.00 bits per heavy atom. The highest BCUT2D eigenvalue weighted by Gasteiger charge is 2.00. The molecule has 38 valence electrons. The van der Waals surface area contributed by atoms with Gasteiger partial charge < -0.3 is 5.11 Å². The van der Waals surface area contributed by atoms with Crippen molar-refractivity contribution in [3.05, 3.63) is 0 Å². The quantitative estimate of drug-likeness (QED) is 0.383. The molecule has 2 atom stereocenters. The van der Waals surface area contributed by atoms with Crippen molar-refractivity contribution in [1.82, 2.24) is 0 Å². The predicted molar refractivity (Wildman–Crippen MR) is 38.5 cm³/mol. The Morgan fingerprint density at radius 1 is 1.83 bits per heavy atom. The maximum absolute atomic E-state index is 8.55. The summed E-state index contributed by atoms with van der Waals surface area (Å²) in [5.41, 5.74) is 0. The summed E-state index contributed by atoms with van der Waals surface area (Å²) in [4.78, 5) is 0. The van der Waals surface area contributed by atoms with E-state index in [2.05, 4.69) is 12.6 Å². The molecule has 0 saturated heterocycles. The summed E-state index contributed by atoms with van der Waals surface area (Å²) in [6, 6.07) is 0. The lowest BCUT2D eigenvalue weighted by atomic mass is 10.5. The third kappa shape index (κ3) is 3.24. The van der Waals surface area contributed by atoms with Crippen LogP contribution in [0.2, 0.25) is 0 Å². The van der Waals surface area contributed by atoms with Crippen LogP contribution in [0.1, 0.15) is 6.92 Å². The van der Waals surface area contributed by atoms with Gasteiger partial charge in [-0.1, -0.05) is 22.6 Å². The fourth-order valence-corrected chi connectivity index (χ4v) is 0. The van der Waals surface area contributed by atoms with Crippen LogP contribution in [0.5, 0.6) is 0 Å². The van der Waals surface area contributed by atoms with E-state index in [9.17, 15) is 0 Å². The van der Waals surface area contributed by atoms with E-state index in [0.717, 1.165) is 0 Å². The molecule has 0 spiro atoms. The number of hydrogen-bond acceptors (Lipinski definition) is 2. The molecule has 0 amide bonds. The molecule has 0 aromatic rings. The van der Waals surface area contributed by atoms with Gasteiger partial charge in [-0.25, -0.2) is 0 Å². The van der Waals surface area contributed by atoms with Crippen LogP contribution in [-0.4, -0.2) is 14.5 Å². The molecule has 0 saturated carbocycles. The van der Waals surface area contributed by atoms with Crippen molar-refractivity contribution < 1.29 is 5.11 Å². The van der Waals surface area contributed by atoms with Crippen LogP contribution < -0.4 is 0 Å². The highest BCUT2D eigenvalue weighted by atomic mass is 127. The monoisotopic (exact) mass is 218 g/mol. The molecule has 1 N–H and O–H groups in total. The maximum atomic E-state index is 8.55. The van der Waals surface area contributed by atoms with Gasteiger partial charge in [0.1, 0.15) is 0 Å². The van der Waals surface area contributed by atoms with Crippen LogP contribution in [0.4, 0.5) is 0 Å². The maximum Gasteiger partial charge on any atom is 0.0790 e. The van der Waals surface area contributed by atoms with Crippen LogP contribution in [-0.2, 0) is 0 Å². The summed E-state index contributed by atoms with van der Waals surface area (Å²) in [6.45, 7) is 1.71. The molecule has 0 aromatic heterocycles. The number of thiol groups is 1. The zero-order chi connectivity index (χ0) is 5.15. The smallest absolute Gasteiger partial charge is 0.0790 e. The number of aliphatic hydroxyl groups is 1. The molecule has 0 aliphatic heterocycles. The first kappa shape index (κ1) is 7.04. The van der Waals surface area contributed by atoms with Gasteiger partial charge >= 0.3 is 0 Å². The van der Waals surface area contributed by atoms with Crippen LogP contribution >= 0.6 is 35.2 Å². The first-order chi connectivity index (χ1) is 2.64. The molecule has 2 unspecified atom stereocenters. The van der Waals surface area contributed by atoms with Gasteiger partial charge in [0, 0.05) is 0 Å². The summed E-state index contributed by atoms with van der Waals surface area (Å²) in [7, 11) is 0. The Bertz CT molecular complexity index is 31.8. The minimum Gasteiger partial charge on any atom is -0.391 e. The molecule has 6 heavy (non-hydrogen) atoms. The molecule has 0 aromatic carbocycles. The molecule has 0 radical (unpaired) electrons. The van der Waals surface area contributed by atoms with E-state index in [4.69, 9.17) is 5.11 Å². The van der Waals surface area contributed by atoms with E-state index >= 15 is 0 Å². The van der Waals surface area contributed by atoms with Crippen molar-refractivity contribution in [2.75, 3.05) is 0 Å². The summed E-state index contributed by atoms with van der Waals surface area (Å²) < 4.78 is 0.0719. The van der Waals surface area contributed by atoms with E-state index < -0.39 is 0 Å². The topological polar surface area (TPSA) is 20.2 Å². The predicted octanol–water partition coefficient (Wildman–Crippen LogP) is 1.06. The summed E-state index contributed by atoms with van der Waals surface area (Å²) in [5, 5.41) is 8.55. The van der Waals surface area contributed by atoms with Crippen molar-refractivity contribution >= 4 is 35.2 Å². The molecule has 0 heterocycles. The fraction of sp³-hybridized carbons (Fsp3) is 1.00. The van der Waals surface area contributed by atoms with Gasteiger partial charge in [0.2, 0.25) is 0 Å². The summed E-state index contributed by atoms with van der Waals surface area (Å²) >= 11 is 5.98. The number of hydrogen-bond donors (Lipinski definition) is 2. The molecular weight excluding hydrogens is 211 g/mol. The Balaban J connectivity index is 2.99. The average Bonchev–Trinajstić information content (AvgIpc) is 1.36.